The van der Waals surface area contributed by atoms with Gasteiger partial charge in [0.15, 0.2) is 0 Å². The summed E-state index contributed by atoms with van der Waals surface area (Å²) >= 11 is 0. The molecule has 0 aliphatic heterocycles. The van der Waals surface area contributed by atoms with Crippen LogP contribution in [0.4, 0.5) is 5.69 Å². The lowest BCUT2D eigenvalue weighted by Gasteiger charge is -2.09. The first-order chi connectivity index (χ1) is 10.3. The Bertz CT molecular complexity index is 612. The predicted octanol–water partition coefficient (Wildman–Crippen LogP) is 2.26. The molecule has 108 valence electrons. The Morgan fingerprint density at radius 3 is 2.62 bits per heavy atom. The van der Waals surface area contributed by atoms with Gasteiger partial charge in [0.25, 0.3) is 5.91 Å². The quantitative estimate of drug-likeness (QED) is 0.631. The van der Waals surface area contributed by atoms with Gasteiger partial charge in [0.1, 0.15) is 5.75 Å². The van der Waals surface area contributed by atoms with Crippen LogP contribution >= 0.6 is 0 Å². The van der Waals surface area contributed by atoms with Crippen molar-refractivity contribution in [2.75, 3.05) is 19.0 Å². The van der Waals surface area contributed by atoms with Crippen LogP contribution in [-0.4, -0.2) is 25.8 Å². The van der Waals surface area contributed by atoms with E-state index in [-0.39, 0.29) is 12.5 Å². The van der Waals surface area contributed by atoms with E-state index in [1.165, 1.54) is 0 Å². The fraction of sp³-hybridized carbons (Fsp3) is 0.125. The van der Waals surface area contributed by atoms with Crippen LogP contribution in [0.15, 0.2) is 59.7 Å². The Morgan fingerprint density at radius 1 is 1.14 bits per heavy atom. The molecule has 2 rings (SSSR count). The molecule has 5 nitrogen and oxygen atoms in total. The van der Waals surface area contributed by atoms with Gasteiger partial charge in [-0.15, -0.1) is 0 Å². The van der Waals surface area contributed by atoms with Gasteiger partial charge in [-0.1, -0.05) is 42.5 Å². The zero-order valence-corrected chi connectivity index (χ0v) is 11.7. The first-order valence-corrected chi connectivity index (χ1v) is 6.53. The lowest BCUT2D eigenvalue weighted by Crippen LogP contribution is -2.26. The summed E-state index contributed by atoms with van der Waals surface area (Å²) in [5.41, 5.74) is 4.16. The van der Waals surface area contributed by atoms with Gasteiger partial charge in [-0.2, -0.15) is 5.10 Å². The van der Waals surface area contributed by atoms with Gasteiger partial charge < -0.3 is 10.1 Å². The number of ether oxygens (including phenoxy) is 1. The first kappa shape index (κ1) is 14.6. The molecular weight excluding hydrogens is 266 g/mol. The summed E-state index contributed by atoms with van der Waals surface area (Å²) in [6.45, 7) is 0.118. The Labute approximate surface area is 123 Å². The van der Waals surface area contributed by atoms with Gasteiger partial charge in [-0.05, 0) is 17.7 Å². The highest BCUT2D eigenvalue weighted by Gasteiger charge is 2.03. The van der Waals surface area contributed by atoms with E-state index in [1.807, 2.05) is 54.6 Å². The van der Waals surface area contributed by atoms with Crippen LogP contribution in [-0.2, 0) is 4.79 Å². The van der Waals surface area contributed by atoms with Crippen molar-refractivity contribution in [2.45, 2.75) is 0 Å². The van der Waals surface area contributed by atoms with Crippen LogP contribution in [0.3, 0.4) is 0 Å². The molecule has 21 heavy (non-hydrogen) atoms. The second-order valence-electron chi connectivity index (χ2n) is 4.26. The molecule has 0 unspecified atom stereocenters. The summed E-state index contributed by atoms with van der Waals surface area (Å²) in [5.74, 6) is 0.464. The molecule has 5 heteroatoms. The Balaban J connectivity index is 1.81. The predicted molar refractivity (Wildman–Crippen MR) is 83.7 cm³/mol. The molecule has 0 spiro atoms. The van der Waals surface area contributed by atoms with Crippen LogP contribution < -0.4 is 15.5 Å². The maximum Gasteiger partial charge on any atom is 0.259 e. The zero-order chi connectivity index (χ0) is 14.9. The number of hydrogen-bond donors (Lipinski definition) is 2. The Morgan fingerprint density at radius 2 is 1.86 bits per heavy atom. The number of methoxy groups -OCH3 is 1. The van der Waals surface area contributed by atoms with Crippen molar-refractivity contribution < 1.29 is 9.53 Å². The number of hydrazone groups is 1. The van der Waals surface area contributed by atoms with E-state index in [9.17, 15) is 4.79 Å². The number of para-hydroxylation sites is 2. The molecule has 2 aromatic carbocycles. The summed E-state index contributed by atoms with van der Waals surface area (Å²) in [4.78, 5) is 11.7. The van der Waals surface area contributed by atoms with Gasteiger partial charge >= 0.3 is 0 Å². The maximum absolute atomic E-state index is 11.7. The fourth-order valence-electron chi connectivity index (χ4n) is 1.72. The van der Waals surface area contributed by atoms with Crippen LogP contribution in [0.25, 0.3) is 0 Å². The van der Waals surface area contributed by atoms with Crippen molar-refractivity contribution in [2.24, 2.45) is 5.10 Å². The zero-order valence-electron chi connectivity index (χ0n) is 11.7. The van der Waals surface area contributed by atoms with Crippen molar-refractivity contribution in [3.8, 4) is 5.75 Å². The van der Waals surface area contributed by atoms with E-state index < -0.39 is 0 Å². The van der Waals surface area contributed by atoms with Gasteiger partial charge in [0.05, 0.1) is 25.6 Å². The average Bonchev–Trinajstić information content (AvgIpc) is 2.54. The van der Waals surface area contributed by atoms with Gasteiger partial charge in [-0.25, -0.2) is 5.43 Å². The smallest absolute Gasteiger partial charge is 0.259 e. The second-order valence-corrected chi connectivity index (χ2v) is 4.26. The lowest BCUT2D eigenvalue weighted by atomic mass is 10.2. The monoisotopic (exact) mass is 283 g/mol. The number of amides is 1. The van der Waals surface area contributed by atoms with E-state index in [2.05, 4.69) is 15.8 Å². The molecule has 0 heterocycles. The highest BCUT2D eigenvalue weighted by Crippen LogP contribution is 2.22. The minimum atomic E-state index is -0.229. The summed E-state index contributed by atoms with van der Waals surface area (Å²) < 4.78 is 5.19. The van der Waals surface area contributed by atoms with Crippen molar-refractivity contribution in [3.63, 3.8) is 0 Å². The highest BCUT2D eigenvalue weighted by atomic mass is 16.5. The topological polar surface area (TPSA) is 62.7 Å². The van der Waals surface area contributed by atoms with Crippen molar-refractivity contribution in [3.05, 3.63) is 60.2 Å². The summed E-state index contributed by atoms with van der Waals surface area (Å²) in [7, 11) is 1.59. The number of hydrogen-bond acceptors (Lipinski definition) is 4. The summed E-state index contributed by atoms with van der Waals surface area (Å²) in [5, 5.41) is 6.90. The molecule has 2 aromatic rings. The third kappa shape index (κ3) is 4.65. The number of nitrogens with zero attached hydrogens (tertiary/aromatic N) is 1. The number of carbonyl (C=O) groups is 1. The summed E-state index contributed by atoms with van der Waals surface area (Å²) in [6.07, 6.45) is 1.60. The van der Waals surface area contributed by atoms with Crippen LogP contribution in [0.5, 0.6) is 5.75 Å². The SMILES string of the molecule is COc1ccccc1NCC(=O)NN=Cc1ccccc1. The molecule has 0 radical (unpaired) electrons. The van der Waals surface area contributed by atoms with Gasteiger partial charge in [-0.3, -0.25) is 4.79 Å². The van der Waals surface area contributed by atoms with Crippen molar-refractivity contribution in [1.82, 2.24) is 5.43 Å². The number of anilines is 1. The fourth-order valence-corrected chi connectivity index (χ4v) is 1.72. The maximum atomic E-state index is 11.7. The van der Waals surface area contributed by atoms with Gasteiger partial charge in [0, 0.05) is 0 Å². The van der Waals surface area contributed by atoms with Crippen molar-refractivity contribution in [1.29, 1.82) is 0 Å². The second kappa shape index (κ2) is 7.69. The van der Waals surface area contributed by atoms with E-state index >= 15 is 0 Å². The van der Waals surface area contributed by atoms with Crippen LogP contribution in [0.1, 0.15) is 5.56 Å². The Kier molecular flexibility index (Phi) is 5.34. The minimum Gasteiger partial charge on any atom is -0.495 e. The van der Waals surface area contributed by atoms with E-state index in [1.54, 1.807) is 13.3 Å². The van der Waals surface area contributed by atoms with Crippen molar-refractivity contribution >= 4 is 17.8 Å². The molecule has 0 fully saturated rings. The Hall–Kier alpha value is -2.82. The van der Waals surface area contributed by atoms with E-state index in [0.29, 0.717) is 5.75 Å². The third-order valence-electron chi connectivity index (χ3n) is 2.75. The molecule has 0 bridgehead atoms. The number of benzene rings is 2. The van der Waals surface area contributed by atoms with Crippen LogP contribution in [0, 0.1) is 0 Å². The van der Waals surface area contributed by atoms with E-state index in [4.69, 9.17) is 4.74 Å². The summed E-state index contributed by atoms with van der Waals surface area (Å²) in [6, 6.07) is 17.0. The minimum absolute atomic E-state index is 0.118. The first-order valence-electron chi connectivity index (χ1n) is 6.53. The largest absolute Gasteiger partial charge is 0.495 e. The molecule has 0 saturated carbocycles. The third-order valence-corrected chi connectivity index (χ3v) is 2.75. The number of rotatable bonds is 6. The average molecular weight is 283 g/mol. The molecule has 0 saturated heterocycles. The lowest BCUT2D eigenvalue weighted by molar-refractivity contribution is -0.119. The normalized spacial score (nSPS) is 10.3. The number of carbonyl (C=O) groups excluding carboxylic acids is 1. The number of nitrogens with one attached hydrogen (secondary N) is 2. The highest BCUT2D eigenvalue weighted by molar-refractivity contribution is 5.84. The molecule has 0 aliphatic rings. The molecule has 0 aliphatic carbocycles. The van der Waals surface area contributed by atoms with E-state index in [0.717, 1.165) is 11.3 Å². The standard InChI is InChI=1S/C16H17N3O2/c1-21-15-10-6-5-9-14(15)17-12-16(20)19-18-11-13-7-3-2-4-8-13/h2-11,17H,12H2,1H3,(H,19,20). The van der Waals surface area contributed by atoms with Gasteiger partial charge in [0.2, 0.25) is 0 Å². The molecule has 1 amide bonds. The van der Waals surface area contributed by atoms with Crippen LogP contribution in [0.2, 0.25) is 0 Å². The molecule has 0 aromatic heterocycles. The molecule has 0 atom stereocenters. The molecular formula is C16H17N3O2. The molecule has 2 N–H and O–H groups in total.